The molecular formula is C23H28N4O3. The maximum Gasteiger partial charge on any atom is 0.253 e. The molecular weight excluding hydrogens is 380 g/mol. The molecule has 2 N–H and O–H groups in total. The standard InChI is InChI=1S/C23H28N4O3/c1-13-18(23(29)25-22-20(13)14(2)26-27(22)3)11-12-19(28)24-21(15-5-6-15)16-7-9-17(30-4)10-8-16/h7-10,15,21H,5-6,11-12H2,1-4H3,(H,24,28)(H,25,29)/t21-/m1/s1. The lowest BCUT2D eigenvalue weighted by molar-refractivity contribution is -0.122. The molecule has 1 aliphatic rings. The number of aromatic amines is 1. The van der Waals surface area contributed by atoms with Crippen LogP contribution in [0.3, 0.4) is 0 Å². The number of pyridine rings is 1. The van der Waals surface area contributed by atoms with Crippen molar-refractivity contribution in [3.05, 3.63) is 57.0 Å². The molecule has 2 heterocycles. The van der Waals surface area contributed by atoms with Gasteiger partial charge in [0.1, 0.15) is 11.4 Å². The highest BCUT2D eigenvalue weighted by Gasteiger charge is 2.33. The van der Waals surface area contributed by atoms with Crippen molar-refractivity contribution < 1.29 is 9.53 Å². The summed E-state index contributed by atoms with van der Waals surface area (Å²) >= 11 is 0. The Morgan fingerprint density at radius 2 is 2.00 bits per heavy atom. The minimum absolute atomic E-state index is 0.00540. The number of nitrogens with zero attached hydrogens (tertiary/aromatic N) is 2. The first-order chi connectivity index (χ1) is 14.4. The number of aryl methyl sites for hydroxylation is 3. The molecule has 7 nitrogen and oxygen atoms in total. The largest absolute Gasteiger partial charge is 0.497 e. The van der Waals surface area contributed by atoms with Gasteiger partial charge in [0.15, 0.2) is 0 Å². The van der Waals surface area contributed by atoms with Gasteiger partial charge in [-0.3, -0.25) is 14.3 Å². The number of rotatable bonds is 7. The van der Waals surface area contributed by atoms with Crippen LogP contribution in [0, 0.1) is 19.8 Å². The number of amides is 1. The van der Waals surface area contributed by atoms with Gasteiger partial charge in [-0.05, 0) is 62.3 Å². The van der Waals surface area contributed by atoms with E-state index in [1.807, 2.05) is 45.2 Å². The first-order valence-corrected chi connectivity index (χ1v) is 10.4. The minimum atomic E-state index is -0.148. The second-order valence-corrected chi connectivity index (χ2v) is 8.15. The normalized spacial score (nSPS) is 14.7. The van der Waals surface area contributed by atoms with Crippen LogP contribution < -0.4 is 15.6 Å². The van der Waals surface area contributed by atoms with E-state index in [2.05, 4.69) is 15.4 Å². The van der Waals surface area contributed by atoms with Gasteiger partial charge < -0.3 is 15.0 Å². The van der Waals surface area contributed by atoms with Crippen molar-refractivity contribution in [1.29, 1.82) is 0 Å². The Morgan fingerprint density at radius 1 is 1.30 bits per heavy atom. The van der Waals surface area contributed by atoms with Gasteiger partial charge in [0.25, 0.3) is 5.56 Å². The Balaban J connectivity index is 1.49. The lowest BCUT2D eigenvalue weighted by Gasteiger charge is -2.19. The first kappa shape index (κ1) is 20.2. The summed E-state index contributed by atoms with van der Waals surface area (Å²) in [5.41, 5.74) is 4.09. The molecule has 1 amide bonds. The lowest BCUT2D eigenvalue weighted by atomic mass is 10.00. The first-order valence-electron chi connectivity index (χ1n) is 10.4. The zero-order valence-electron chi connectivity index (χ0n) is 17.9. The second-order valence-electron chi connectivity index (χ2n) is 8.15. The van der Waals surface area contributed by atoms with E-state index >= 15 is 0 Å². The minimum Gasteiger partial charge on any atom is -0.497 e. The van der Waals surface area contributed by atoms with Gasteiger partial charge in [0.05, 0.1) is 18.8 Å². The summed E-state index contributed by atoms with van der Waals surface area (Å²) in [7, 11) is 3.46. The highest BCUT2D eigenvalue weighted by molar-refractivity contribution is 5.83. The average molecular weight is 409 g/mol. The Hall–Kier alpha value is -3.09. The molecule has 7 heteroatoms. The van der Waals surface area contributed by atoms with Crippen LogP contribution in [0.1, 0.15) is 47.7 Å². The second kappa shape index (κ2) is 7.97. The zero-order chi connectivity index (χ0) is 21.4. The van der Waals surface area contributed by atoms with Gasteiger partial charge in [-0.2, -0.15) is 5.10 Å². The summed E-state index contributed by atoms with van der Waals surface area (Å²) < 4.78 is 6.92. The summed E-state index contributed by atoms with van der Waals surface area (Å²) in [5.74, 6) is 1.24. The van der Waals surface area contributed by atoms with E-state index in [0.717, 1.165) is 46.4 Å². The van der Waals surface area contributed by atoms with Crippen molar-refractivity contribution in [3.8, 4) is 5.75 Å². The number of hydrogen-bond donors (Lipinski definition) is 2. The average Bonchev–Trinajstić information content (AvgIpc) is 3.52. The number of nitrogens with one attached hydrogen (secondary N) is 2. The van der Waals surface area contributed by atoms with Gasteiger partial charge in [-0.15, -0.1) is 0 Å². The maximum absolute atomic E-state index is 12.7. The Kier molecular flexibility index (Phi) is 5.37. The molecule has 1 atom stereocenters. The summed E-state index contributed by atoms with van der Waals surface area (Å²) in [6.07, 6.45) is 2.91. The lowest BCUT2D eigenvalue weighted by Crippen LogP contribution is -2.30. The van der Waals surface area contributed by atoms with E-state index in [4.69, 9.17) is 4.74 Å². The number of hydrogen-bond acceptors (Lipinski definition) is 4. The summed E-state index contributed by atoms with van der Waals surface area (Å²) in [6, 6.07) is 7.87. The highest BCUT2D eigenvalue weighted by Crippen LogP contribution is 2.41. The van der Waals surface area contributed by atoms with Crippen LogP contribution in [0.5, 0.6) is 5.75 Å². The van der Waals surface area contributed by atoms with E-state index in [1.165, 1.54) is 0 Å². The molecule has 0 aliphatic heterocycles. The van der Waals surface area contributed by atoms with E-state index < -0.39 is 0 Å². The third kappa shape index (κ3) is 3.84. The van der Waals surface area contributed by atoms with E-state index in [-0.39, 0.29) is 23.9 Å². The monoisotopic (exact) mass is 408 g/mol. The molecule has 1 saturated carbocycles. The molecule has 3 aromatic rings. The Morgan fingerprint density at radius 3 is 2.63 bits per heavy atom. The molecule has 1 aromatic carbocycles. The highest BCUT2D eigenvalue weighted by atomic mass is 16.5. The molecule has 1 fully saturated rings. The van der Waals surface area contributed by atoms with Crippen LogP contribution in [0.2, 0.25) is 0 Å². The number of carbonyl (C=O) groups is 1. The molecule has 4 rings (SSSR count). The van der Waals surface area contributed by atoms with E-state index in [0.29, 0.717) is 17.9 Å². The summed E-state index contributed by atoms with van der Waals surface area (Å²) in [6.45, 7) is 3.86. The van der Waals surface area contributed by atoms with Gasteiger partial charge in [-0.1, -0.05) is 12.1 Å². The van der Waals surface area contributed by atoms with Crippen molar-refractivity contribution in [2.45, 2.75) is 45.6 Å². The van der Waals surface area contributed by atoms with Crippen LogP contribution in [-0.2, 0) is 18.3 Å². The molecule has 0 radical (unpaired) electrons. The number of aromatic nitrogens is 3. The quantitative estimate of drug-likeness (QED) is 0.629. The fourth-order valence-electron chi connectivity index (χ4n) is 4.25. The van der Waals surface area contributed by atoms with Crippen molar-refractivity contribution in [1.82, 2.24) is 20.1 Å². The molecule has 30 heavy (non-hydrogen) atoms. The topological polar surface area (TPSA) is 89.0 Å². The smallest absolute Gasteiger partial charge is 0.253 e. The van der Waals surface area contributed by atoms with Gasteiger partial charge in [0, 0.05) is 24.4 Å². The van der Waals surface area contributed by atoms with Crippen LogP contribution in [0.15, 0.2) is 29.1 Å². The van der Waals surface area contributed by atoms with Crippen LogP contribution in [0.25, 0.3) is 11.0 Å². The molecule has 158 valence electrons. The van der Waals surface area contributed by atoms with Crippen LogP contribution in [-0.4, -0.2) is 27.8 Å². The zero-order valence-corrected chi connectivity index (χ0v) is 17.9. The fraction of sp³-hybridized carbons (Fsp3) is 0.435. The van der Waals surface area contributed by atoms with Gasteiger partial charge in [-0.25, -0.2) is 0 Å². The third-order valence-corrected chi connectivity index (χ3v) is 6.04. The molecule has 0 unspecified atom stereocenters. The predicted octanol–water partition coefficient (Wildman–Crippen LogP) is 3.09. The van der Waals surface area contributed by atoms with Gasteiger partial charge >= 0.3 is 0 Å². The summed E-state index contributed by atoms with van der Waals surface area (Å²) in [4.78, 5) is 28.3. The van der Waals surface area contributed by atoms with Crippen molar-refractivity contribution in [3.63, 3.8) is 0 Å². The predicted molar refractivity (Wildman–Crippen MR) is 116 cm³/mol. The number of methoxy groups -OCH3 is 1. The van der Waals surface area contributed by atoms with E-state index in [9.17, 15) is 9.59 Å². The van der Waals surface area contributed by atoms with Gasteiger partial charge in [0.2, 0.25) is 5.91 Å². The Labute approximate surface area is 175 Å². The van der Waals surface area contributed by atoms with Crippen molar-refractivity contribution in [2.75, 3.05) is 7.11 Å². The number of fused-ring (bicyclic) bond motifs is 1. The molecule has 0 saturated heterocycles. The number of ether oxygens (including phenoxy) is 1. The summed E-state index contributed by atoms with van der Waals surface area (Å²) in [5, 5.41) is 8.54. The van der Waals surface area contributed by atoms with Crippen LogP contribution in [0.4, 0.5) is 0 Å². The number of benzene rings is 1. The molecule has 2 aromatic heterocycles. The molecule has 0 bridgehead atoms. The number of H-pyrrole nitrogens is 1. The molecule has 1 aliphatic carbocycles. The SMILES string of the molecule is COc1ccc([C@H](NC(=O)CCc2c(C)c3c(C)nn(C)c3[nH]c2=O)C2CC2)cc1. The van der Waals surface area contributed by atoms with Crippen molar-refractivity contribution in [2.24, 2.45) is 13.0 Å². The Bertz CT molecular complexity index is 1140. The fourth-order valence-corrected chi connectivity index (χ4v) is 4.25. The van der Waals surface area contributed by atoms with Crippen molar-refractivity contribution >= 4 is 16.9 Å². The molecule has 0 spiro atoms. The third-order valence-electron chi connectivity index (χ3n) is 6.04. The maximum atomic E-state index is 12.7. The van der Waals surface area contributed by atoms with E-state index in [1.54, 1.807) is 11.8 Å². The number of carbonyl (C=O) groups excluding carboxylic acids is 1. The van der Waals surface area contributed by atoms with Crippen LogP contribution >= 0.6 is 0 Å².